The molecule has 2 aliphatic heterocycles. The number of rotatable bonds is 4. The lowest BCUT2D eigenvalue weighted by molar-refractivity contribution is -0.123. The van der Waals surface area contributed by atoms with E-state index >= 15 is 0 Å². The van der Waals surface area contributed by atoms with Gasteiger partial charge in [-0.2, -0.15) is 0 Å². The van der Waals surface area contributed by atoms with E-state index in [1.807, 2.05) is 36.0 Å². The van der Waals surface area contributed by atoms with Crippen LogP contribution in [0.1, 0.15) is 28.8 Å². The number of carbonyl (C=O) groups is 2. The van der Waals surface area contributed by atoms with Crippen molar-refractivity contribution in [2.75, 3.05) is 38.2 Å². The summed E-state index contributed by atoms with van der Waals surface area (Å²) in [4.78, 5) is 38.9. The topological polar surface area (TPSA) is 87.7 Å². The predicted molar refractivity (Wildman–Crippen MR) is 125 cm³/mol. The minimum Gasteiger partial charge on any atom is -0.495 e. The molecule has 4 heterocycles. The molecule has 3 aromatic rings. The summed E-state index contributed by atoms with van der Waals surface area (Å²) in [7, 11) is 1.66. The van der Waals surface area contributed by atoms with Gasteiger partial charge in [0, 0.05) is 54.3 Å². The summed E-state index contributed by atoms with van der Waals surface area (Å²) in [6.07, 6.45) is 5.91. The number of fused-ring (bicyclic) bond motifs is 2. The first-order valence-electron chi connectivity index (χ1n) is 11.0. The molecule has 0 radical (unpaired) electrons. The molecule has 2 amide bonds. The van der Waals surface area contributed by atoms with Gasteiger partial charge < -0.3 is 19.9 Å². The molecule has 2 fully saturated rings. The van der Waals surface area contributed by atoms with Gasteiger partial charge in [0.2, 0.25) is 11.9 Å². The summed E-state index contributed by atoms with van der Waals surface area (Å²) in [5.41, 5.74) is 3.87. The zero-order valence-corrected chi connectivity index (χ0v) is 19.0. The summed E-state index contributed by atoms with van der Waals surface area (Å²) < 4.78 is 5.43. The Morgan fingerprint density at radius 2 is 2.03 bits per heavy atom. The van der Waals surface area contributed by atoms with Crippen molar-refractivity contribution in [3.05, 3.63) is 53.2 Å². The Labute approximate surface area is 195 Å². The van der Waals surface area contributed by atoms with Gasteiger partial charge in [-0.25, -0.2) is 9.97 Å². The molecule has 8 nitrogen and oxygen atoms in total. The van der Waals surface area contributed by atoms with Crippen LogP contribution in [0.25, 0.3) is 10.4 Å². The Morgan fingerprint density at radius 3 is 2.76 bits per heavy atom. The third-order valence-electron chi connectivity index (χ3n) is 6.74. The molecule has 1 aliphatic carbocycles. The Balaban J connectivity index is 1.32. The predicted octanol–water partition coefficient (Wildman–Crippen LogP) is 2.97. The third kappa shape index (κ3) is 3.34. The summed E-state index contributed by atoms with van der Waals surface area (Å²) in [5.74, 6) is 1.20. The number of aromatic nitrogens is 2. The fourth-order valence-corrected chi connectivity index (χ4v) is 5.64. The quantitative estimate of drug-likeness (QED) is 0.643. The molecule has 1 spiro atoms. The molecule has 0 bridgehead atoms. The number of nitrogens with zero attached hydrogens (tertiary/aromatic N) is 4. The molecular weight excluding hydrogens is 438 g/mol. The van der Waals surface area contributed by atoms with Crippen molar-refractivity contribution in [2.45, 2.75) is 18.3 Å². The minimum absolute atomic E-state index is 0.0975. The van der Waals surface area contributed by atoms with Crippen LogP contribution in [0.2, 0.25) is 0 Å². The Hall–Kier alpha value is -3.46. The fraction of sp³-hybridized carbons (Fsp3) is 0.333. The van der Waals surface area contributed by atoms with Crippen molar-refractivity contribution in [1.29, 1.82) is 0 Å². The van der Waals surface area contributed by atoms with Crippen molar-refractivity contribution >= 4 is 34.8 Å². The van der Waals surface area contributed by atoms with E-state index in [4.69, 9.17) is 4.74 Å². The van der Waals surface area contributed by atoms with Crippen LogP contribution in [0.15, 0.2) is 42.0 Å². The van der Waals surface area contributed by atoms with Gasteiger partial charge in [-0.3, -0.25) is 9.59 Å². The van der Waals surface area contributed by atoms with Gasteiger partial charge >= 0.3 is 0 Å². The van der Waals surface area contributed by atoms with E-state index in [0.717, 1.165) is 41.3 Å². The van der Waals surface area contributed by atoms with E-state index in [9.17, 15) is 9.59 Å². The SMILES string of the molecule is COc1ccsc1-c1cnc(N2CC3(CC3)c3ccc(C(=O)N4CCNC(=O)C4)cc32)nc1. The summed E-state index contributed by atoms with van der Waals surface area (Å²) in [5, 5.41) is 4.75. The van der Waals surface area contributed by atoms with Gasteiger partial charge in [-0.1, -0.05) is 6.07 Å². The molecule has 6 rings (SSSR count). The second kappa shape index (κ2) is 7.55. The van der Waals surface area contributed by atoms with Crippen LogP contribution >= 0.6 is 11.3 Å². The molecule has 1 N–H and O–H groups in total. The van der Waals surface area contributed by atoms with Gasteiger partial charge in [0.15, 0.2) is 0 Å². The second-order valence-electron chi connectivity index (χ2n) is 8.76. The highest BCUT2D eigenvalue weighted by atomic mass is 32.1. The summed E-state index contributed by atoms with van der Waals surface area (Å²) in [6.45, 7) is 1.92. The molecular formula is C24H23N5O3S. The molecule has 33 heavy (non-hydrogen) atoms. The van der Waals surface area contributed by atoms with Gasteiger partial charge in [0.05, 0.1) is 18.5 Å². The van der Waals surface area contributed by atoms with Crippen molar-refractivity contribution < 1.29 is 14.3 Å². The number of carbonyl (C=O) groups excluding carboxylic acids is 2. The van der Waals surface area contributed by atoms with Crippen LogP contribution < -0.4 is 15.0 Å². The van der Waals surface area contributed by atoms with Crippen LogP contribution in [-0.2, 0) is 10.2 Å². The zero-order valence-electron chi connectivity index (χ0n) is 18.2. The average Bonchev–Trinajstić information content (AvgIpc) is 3.34. The van der Waals surface area contributed by atoms with Crippen LogP contribution in [0.4, 0.5) is 11.6 Å². The molecule has 9 heteroatoms. The third-order valence-corrected chi connectivity index (χ3v) is 7.68. The molecule has 168 valence electrons. The second-order valence-corrected chi connectivity index (χ2v) is 9.68. The van der Waals surface area contributed by atoms with E-state index in [-0.39, 0.29) is 23.8 Å². The first kappa shape index (κ1) is 20.2. The first-order chi connectivity index (χ1) is 16.1. The number of hydrogen-bond acceptors (Lipinski definition) is 7. The lowest BCUT2D eigenvalue weighted by Gasteiger charge is -2.27. The molecule has 0 atom stereocenters. The van der Waals surface area contributed by atoms with Crippen LogP contribution in [0, 0.1) is 0 Å². The normalized spacial score (nSPS) is 18.3. The average molecular weight is 462 g/mol. The number of anilines is 2. The number of methoxy groups -OCH3 is 1. The standard InChI is InChI=1S/C24H23N5O3S/c1-32-19-4-9-33-21(19)16-11-26-23(27-12-16)29-14-24(5-6-24)17-3-2-15(10-18(17)29)22(31)28-8-7-25-20(30)13-28/h2-4,9-12H,5-8,13-14H2,1H3,(H,25,30). The van der Waals surface area contributed by atoms with Gasteiger partial charge in [-0.15, -0.1) is 11.3 Å². The monoisotopic (exact) mass is 461 g/mol. The Kier molecular flexibility index (Phi) is 4.62. The van der Waals surface area contributed by atoms with Crippen molar-refractivity contribution in [2.24, 2.45) is 0 Å². The molecule has 0 unspecified atom stereocenters. The smallest absolute Gasteiger partial charge is 0.254 e. The molecule has 3 aliphatic rings. The van der Waals surface area contributed by atoms with Crippen molar-refractivity contribution in [1.82, 2.24) is 20.2 Å². The van der Waals surface area contributed by atoms with E-state index in [0.29, 0.717) is 24.6 Å². The van der Waals surface area contributed by atoms with Crippen LogP contribution in [-0.4, -0.2) is 60.0 Å². The highest BCUT2D eigenvalue weighted by Crippen LogP contribution is 2.57. The van der Waals surface area contributed by atoms with Gasteiger partial charge in [0.1, 0.15) is 5.75 Å². The number of thiophene rings is 1. The fourth-order valence-electron chi connectivity index (χ4n) is 4.81. The Bertz CT molecular complexity index is 1250. The van der Waals surface area contributed by atoms with E-state index in [1.165, 1.54) is 5.56 Å². The first-order valence-corrected chi connectivity index (χ1v) is 11.9. The summed E-state index contributed by atoms with van der Waals surface area (Å²) >= 11 is 1.59. The molecule has 1 aromatic carbocycles. The molecule has 1 saturated heterocycles. The number of benzene rings is 1. The maximum absolute atomic E-state index is 13.1. The maximum Gasteiger partial charge on any atom is 0.254 e. The number of amides is 2. The number of nitrogens with one attached hydrogen (secondary N) is 1. The minimum atomic E-state index is -0.120. The molecule has 1 saturated carbocycles. The lowest BCUT2D eigenvalue weighted by Crippen LogP contribution is -2.49. The van der Waals surface area contributed by atoms with Crippen molar-refractivity contribution in [3.63, 3.8) is 0 Å². The van der Waals surface area contributed by atoms with Crippen LogP contribution in [0.5, 0.6) is 5.75 Å². The highest BCUT2D eigenvalue weighted by Gasteiger charge is 2.52. The van der Waals surface area contributed by atoms with Crippen molar-refractivity contribution in [3.8, 4) is 16.2 Å². The number of ether oxygens (including phenoxy) is 1. The largest absolute Gasteiger partial charge is 0.495 e. The van der Waals surface area contributed by atoms with Gasteiger partial charge in [0.25, 0.3) is 5.91 Å². The van der Waals surface area contributed by atoms with E-state index in [2.05, 4.69) is 26.3 Å². The van der Waals surface area contributed by atoms with Crippen LogP contribution in [0.3, 0.4) is 0 Å². The Morgan fingerprint density at radius 1 is 1.21 bits per heavy atom. The van der Waals surface area contributed by atoms with Gasteiger partial charge in [-0.05, 0) is 42.0 Å². The van der Waals surface area contributed by atoms with E-state index in [1.54, 1.807) is 23.3 Å². The highest BCUT2D eigenvalue weighted by molar-refractivity contribution is 7.14. The number of piperazine rings is 1. The number of hydrogen-bond donors (Lipinski definition) is 1. The molecule has 2 aromatic heterocycles. The summed E-state index contributed by atoms with van der Waals surface area (Å²) in [6, 6.07) is 7.84. The maximum atomic E-state index is 13.1. The van der Waals surface area contributed by atoms with E-state index < -0.39 is 0 Å². The lowest BCUT2D eigenvalue weighted by atomic mass is 9.97. The zero-order chi connectivity index (χ0) is 22.6.